The number of carbonyl (C=O) groups is 1. The van der Waals surface area contributed by atoms with Crippen LogP contribution in [0.15, 0.2) is 60.7 Å². The molecule has 0 aliphatic rings. The summed E-state index contributed by atoms with van der Waals surface area (Å²) in [5, 5.41) is 14.0. The number of anilines is 3. The van der Waals surface area contributed by atoms with Gasteiger partial charge in [-0.05, 0) is 74.5 Å². The highest BCUT2D eigenvalue weighted by Gasteiger charge is 2.09. The van der Waals surface area contributed by atoms with Crippen LogP contribution in [0.4, 0.5) is 17.2 Å². The molecular formula is C21H22N4O3. The molecule has 7 heteroatoms. The van der Waals surface area contributed by atoms with Crippen molar-refractivity contribution < 1.29 is 14.3 Å². The summed E-state index contributed by atoms with van der Waals surface area (Å²) in [7, 11) is 0. The summed E-state index contributed by atoms with van der Waals surface area (Å²) in [5.41, 5.74) is 1.74. The second-order valence-electron chi connectivity index (χ2n) is 5.80. The summed E-state index contributed by atoms with van der Waals surface area (Å²) in [6.07, 6.45) is 0. The average molecular weight is 378 g/mol. The summed E-state index contributed by atoms with van der Waals surface area (Å²) in [5.74, 6) is 1.77. The van der Waals surface area contributed by atoms with Gasteiger partial charge in [0.1, 0.15) is 11.5 Å². The minimum absolute atomic E-state index is 0.228. The molecule has 0 saturated carbocycles. The van der Waals surface area contributed by atoms with E-state index in [4.69, 9.17) is 9.47 Å². The third-order valence-corrected chi connectivity index (χ3v) is 3.76. The van der Waals surface area contributed by atoms with Gasteiger partial charge in [0, 0.05) is 11.4 Å². The van der Waals surface area contributed by atoms with Gasteiger partial charge in [-0.2, -0.15) is 0 Å². The molecule has 3 aromatic rings. The van der Waals surface area contributed by atoms with Crippen molar-refractivity contribution in [1.82, 2.24) is 10.2 Å². The van der Waals surface area contributed by atoms with Crippen LogP contribution >= 0.6 is 0 Å². The van der Waals surface area contributed by atoms with E-state index in [-0.39, 0.29) is 11.6 Å². The summed E-state index contributed by atoms with van der Waals surface area (Å²) >= 11 is 0. The standard InChI is InChI=1S/C21H22N4O3/c1-3-27-17-9-5-15(6-10-17)22-20-14-13-19(24-25-20)21(26)23-16-7-11-18(12-8-16)28-4-2/h5-14H,3-4H2,1-2H3,(H,22,25)(H,23,26). The number of carbonyl (C=O) groups excluding carboxylic acids is 1. The average Bonchev–Trinajstić information content (AvgIpc) is 2.72. The van der Waals surface area contributed by atoms with E-state index in [0.717, 1.165) is 17.2 Å². The monoisotopic (exact) mass is 378 g/mol. The van der Waals surface area contributed by atoms with E-state index in [0.29, 0.717) is 24.7 Å². The van der Waals surface area contributed by atoms with Gasteiger partial charge in [-0.15, -0.1) is 10.2 Å². The largest absolute Gasteiger partial charge is 0.494 e. The Hall–Kier alpha value is -3.61. The second-order valence-corrected chi connectivity index (χ2v) is 5.80. The van der Waals surface area contributed by atoms with Crippen LogP contribution in [0.1, 0.15) is 24.3 Å². The Morgan fingerprint density at radius 3 is 1.86 bits per heavy atom. The second kappa shape index (κ2) is 9.36. The van der Waals surface area contributed by atoms with Crippen molar-refractivity contribution in [2.24, 2.45) is 0 Å². The van der Waals surface area contributed by atoms with Gasteiger partial charge < -0.3 is 20.1 Å². The fraction of sp³-hybridized carbons (Fsp3) is 0.190. The minimum Gasteiger partial charge on any atom is -0.494 e. The molecule has 0 radical (unpaired) electrons. The highest BCUT2D eigenvalue weighted by atomic mass is 16.5. The van der Waals surface area contributed by atoms with E-state index in [9.17, 15) is 4.79 Å². The van der Waals surface area contributed by atoms with Crippen molar-refractivity contribution in [2.45, 2.75) is 13.8 Å². The molecule has 0 atom stereocenters. The first kappa shape index (κ1) is 19.2. The zero-order valence-corrected chi connectivity index (χ0v) is 15.8. The Labute approximate surface area is 163 Å². The van der Waals surface area contributed by atoms with Crippen LogP contribution < -0.4 is 20.1 Å². The van der Waals surface area contributed by atoms with E-state index in [1.165, 1.54) is 0 Å². The number of nitrogens with one attached hydrogen (secondary N) is 2. The predicted molar refractivity (Wildman–Crippen MR) is 108 cm³/mol. The van der Waals surface area contributed by atoms with Crippen molar-refractivity contribution in [2.75, 3.05) is 23.8 Å². The number of aromatic nitrogens is 2. The third kappa shape index (κ3) is 5.20. The van der Waals surface area contributed by atoms with Crippen LogP contribution in [0.5, 0.6) is 11.5 Å². The fourth-order valence-electron chi connectivity index (χ4n) is 2.47. The molecule has 0 fully saturated rings. The quantitative estimate of drug-likeness (QED) is 0.609. The highest BCUT2D eigenvalue weighted by molar-refractivity contribution is 6.02. The van der Waals surface area contributed by atoms with E-state index >= 15 is 0 Å². The molecule has 0 aliphatic heterocycles. The van der Waals surface area contributed by atoms with Gasteiger partial charge in [-0.3, -0.25) is 4.79 Å². The van der Waals surface area contributed by atoms with Gasteiger partial charge >= 0.3 is 0 Å². The Bertz CT molecular complexity index is 894. The van der Waals surface area contributed by atoms with Crippen LogP contribution in [0.2, 0.25) is 0 Å². The van der Waals surface area contributed by atoms with Gasteiger partial charge in [0.05, 0.1) is 13.2 Å². The van der Waals surface area contributed by atoms with Gasteiger partial charge in [-0.25, -0.2) is 0 Å². The van der Waals surface area contributed by atoms with Crippen LogP contribution in [0.3, 0.4) is 0 Å². The minimum atomic E-state index is -0.329. The van der Waals surface area contributed by atoms with Crippen molar-refractivity contribution in [3.63, 3.8) is 0 Å². The lowest BCUT2D eigenvalue weighted by Crippen LogP contribution is -2.14. The summed E-state index contributed by atoms with van der Waals surface area (Å²) in [6.45, 7) is 5.08. The maximum atomic E-state index is 12.3. The molecule has 1 heterocycles. The summed E-state index contributed by atoms with van der Waals surface area (Å²) < 4.78 is 10.8. The Morgan fingerprint density at radius 1 is 0.786 bits per heavy atom. The molecule has 0 saturated heterocycles. The van der Waals surface area contributed by atoms with Crippen LogP contribution in [-0.2, 0) is 0 Å². The SMILES string of the molecule is CCOc1ccc(NC(=O)c2ccc(Nc3ccc(OCC)cc3)nn2)cc1. The zero-order valence-electron chi connectivity index (χ0n) is 15.8. The van der Waals surface area contributed by atoms with Crippen molar-refractivity contribution in [3.05, 3.63) is 66.4 Å². The Morgan fingerprint density at radius 2 is 1.36 bits per heavy atom. The zero-order chi connectivity index (χ0) is 19.8. The number of hydrogen-bond acceptors (Lipinski definition) is 6. The molecule has 2 N–H and O–H groups in total. The van der Waals surface area contributed by atoms with Gasteiger partial charge in [0.2, 0.25) is 0 Å². The van der Waals surface area contributed by atoms with E-state index in [1.807, 2.05) is 38.1 Å². The van der Waals surface area contributed by atoms with Crippen molar-refractivity contribution in [3.8, 4) is 11.5 Å². The first-order valence-corrected chi connectivity index (χ1v) is 9.05. The van der Waals surface area contributed by atoms with E-state index in [1.54, 1.807) is 36.4 Å². The number of rotatable bonds is 8. The van der Waals surface area contributed by atoms with Crippen molar-refractivity contribution >= 4 is 23.1 Å². The van der Waals surface area contributed by atoms with E-state index < -0.39 is 0 Å². The molecule has 3 rings (SSSR count). The first-order chi connectivity index (χ1) is 13.7. The fourth-order valence-corrected chi connectivity index (χ4v) is 2.47. The molecule has 0 bridgehead atoms. The molecule has 0 aliphatic carbocycles. The number of nitrogens with zero attached hydrogens (tertiary/aromatic N) is 2. The smallest absolute Gasteiger partial charge is 0.276 e. The Kier molecular flexibility index (Phi) is 6.41. The van der Waals surface area contributed by atoms with Gasteiger partial charge in [0.25, 0.3) is 5.91 Å². The highest BCUT2D eigenvalue weighted by Crippen LogP contribution is 2.19. The molecule has 28 heavy (non-hydrogen) atoms. The predicted octanol–water partition coefficient (Wildman–Crippen LogP) is 4.27. The molecule has 0 spiro atoms. The Balaban J connectivity index is 1.59. The number of ether oxygens (including phenoxy) is 2. The lowest BCUT2D eigenvalue weighted by molar-refractivity contribution is 0.102. The van der Waals surface area contributed by atoms with Gasteiger partial charge in [0.15, 0.2) is 11.5 Å². The number of hydrogen-bond donors (Lipinski definition) is 2. The molecule has 2 aromatic carbocycles. The van der Waals surface area contributed by atoms with Crippen LogP contribution in [-0.4, -0.2) is 29.3 Å². The molecule has 0 unspecified atom stereocenters. The molecule has 1 amide bonds. The summed E-state index contributed by atoms with van der Waals surface area (Å²) in [4.78, 5) is 12.3. The van der Waals surface area contributed by atoms with Crippen molar-refractivity contribution in [1.29, 1.82) is 0 Å². The molecule has 7 nitrogen and oxygen atoms in total. The molecule has 1 aromatic heterocycles. The maximum Gasteiger partial charge on any atom is 0.276 e. The number of amides is 1. The number of benzene rings is 2. The van der Waals surface area contributed by atoms with Crippen LogP contribution in [0, 0.1) is 0 Å². The topological polar surface area (TPSA) is 85.4 Å². The maximum absolute atomic E-state index is 12.3. The lowest BCUT2D eigenvalue weighted by Gasteiger charge is -2.08. The third-order valence-electron chi connectivity index (χ3n) is 3.76. The van der Waals surface area contributed by atoms with E-state index in [2.05, 4.69) is 20.8 Å². The molecular weight excluding hydrogens is 356 g/mol. The summed E-state index contributed by atoms with van der Waals surface area (Å²) in [6, 6.07) is 18.0. The van der Waals surface area contributed by atoms with Gasteiger partial charge in [-0.1, -0.05) is 0 Å². The normalized spacial score (nSPS) is 10.2. The lowest BCUT2D eigenvalue weighted by atomic mass is 10.2. The molecule has 144 valence electrons. The van der Waals surface area contributed by atoms with Crippen LogP contribution in [0.25, 0.3) is 0 Å². The first-order valence-electron chi connectivity index (χ1n) is 9.05.